The number of nitrogens with one attached hydrogen (secondary N) is 2. The van der Waals surface area contributed by atoms with Crippen LogP contribution >= 0.6 is 36.2 Å². The molecule has 2 saturated carbocycles. The van der Waals surface area contributed by atoms with E-state index >= 15 is 4.39 Å². The molecule has 11 heteroatoms. The fourth-order valence-electron chi connectivity index (χ4n) is 5.03. The van der Waals surface area contributed by atoms with Crippen molar-refractivity contribution >= 4 is 51.7 Å². The zero-order valence-corrected chi connectivity index (χ0v) is 22.5. The molecule has 2 atom stereocenters. The highest BCUT2D eigenvalue weighted by Crippen LogP contribution is 2.45. The van der Waals surface area contributed by atoms with Crippen LogP contribution in [0.4, 0.5) is 10.1 Å². The van der Waals surface area contributed by atoms with E-state index in [9.17, 15) is 8.42 Å². The van der Waals surface area contributed by atoms with Gasteiger partial charge >= 0.3 is 0 Å². The van der Waals surface area contributed by atoms with Gasteiger partial charge in [0.05, 0.1) is 0 Å². The van der Waals surface area contributed by atoms with Crippen molar-refractivity contribution in [2.75, 3.05) is 25.5 Å². The van der Waals surface area contributed by atoms with Crippen molar-refractivity contribution in [3.05, 3.63) is 40.1 Å². The molecule has 6 nitrogen and oxygen atoms in total. The lowest BCUT2D eigenvalue weighted by molar-refractivity contribution is 0.0944. The second-order valence-electron chi connectivity index (χ2n) is 9.41. The molecule has 2 heterocycles. The van der Waals surface area contributed by atoms with Gasteiger partial charge in [-0.05, 0) is 56.3 Å². The maximum atomic E-state index is 15.2. The minimum atomic E-state index is -3.79. The molecular weight excluding hydrogens is 518 g/mol. The minimum absolute atomic E-state index is 0. The Balaban J connectivity index is 0.00000162. The van der Waals surface area contributed by atoms with Crippen LogP contribution in [0.5, 0.6) is 0 Å². The largest absolute Gasteiger partial charge is 0.380 e. The van der Waals surface area contributed by atoms with E-state index in [1.54, 1.807) is 17.6 Å². The van der Waals surface area contributed by atoms with E-state index in [0.717, 1.165) is 56.4 Å². The SMILES string of the molecule is CN(C1CNC1)[C@H]1CCCC[C@@H]1Nc1cc(F)c(S(=O)(=O)Cc2nccs2)cc1C1CC1.Cl.Cl. The molecule has 1 aromatic heterocycles. The number of thiazole rings is 1. The topological polar surface area (TPSA) is 74.3 Å². The van der Waals surface area contributed by atoms with Crippen molar-refractivity contribution in [2.45, 2.75) is 73.2 Å². The lowest BCUT2D eigenvalue weighted by Crippen LogP contribution is -2.61. The Hall–Kier alpha value is -0.970. The molecule has 3 fully saturated rings. The third-order valence-corrected chi connectivity index (χ3v) is 9.78. The molecule has 0 spiro atoms. The van der Waals surface area contributed by atoms with Crippen LogP contribution in [0, 0.1) is 5.82 Å². The van der Waals surface area contributed by atoms with Crippen molar-refractivity contribution in [2.24, 2.45) is 0 Å². The number of hydrogen-bond donors (Lipinski definition) is 2. The smallest absolute Gasteiger partial charge is 0.187 e. The predicted octanol–water partition coefficient (Wildman–Crippen LogP) is 4.60. The number of rotatable bonds is 8. The van der Waals surface area contributed by atoms with Gasteiger partial charge in [-0.3, -0.25) is 4.90 Å². The zero-order valence-electron chi connectivity index (χ0n) is 19.2. The quantitative estimate of drug-likeness (QED) is 0.500. The molecule has 0 amide bonds. The highest BCUT2D eigenvalue weighted by Gasteiger charge is 2.36. The van der Waals surface area contributed by atoms with E-state index < -0.39 is 15.7 Å². The Kier molecular flexibility index (Phi) is 9.25. The molecule has 2 aliphatic carbocycles. The van der Waals surface area contributed by atoms with Crippen LogP contribution in [0.15, 0.2) is 28.6 Å². The van der Waals surface area contributed by atoms with Gasteiger partial charge in [0.2, 0.25) is 0 Å². The molecular formula is C23H33Cl2FN4O2S2. The first-order valence-electron chi connectivity index (χ1n) is 11.6. The van der Waals surface area contributed by atoms with Crippen molar-refractivity contribution in [1.82, 2.24) is 15.2 Å². The van der Waals surface area contributed by atoms with E-state index in [1.165, 1.54) is 23.8 Å². The molecule has 1 aliphatic heterocycles. The Morgan fingerprint density at radius 2 is 1.91 bits per heavy atom. The number of aromatic nitrogens is 1. The number of halogens is 3. The van der Waals surface area contributed by atoms with Crippen LogP contribution in [-0.4, -0.2) is 56.6 Å². The van der Waals surface area contributed by atoms with E-state index in [-0.39, 0.29) is 41.5 Å². The van der Waals surface area contributed by atoms with Crippen LogP contribution < -0.4 is 10.6 Å². The Labute approximate surface area is 217 Å². The highest BCUT2D eigenvalue weighted by molar-refractivity contribution is 7.90. The van der Waals surface area contributed by atoms with Crippen molar-refractivity contribution in [1.29, 1.82) is 0 Å². The number of likely N-dealkylation sites (N-methyl/N-ethyl adjacent to an activating group) is 1. The second kappa shape index (κ2) is 11.4. The van der Waals surface area contributed by atoms with Crippen molar-refractivity contribution < 1.29 is 12.8 Å². The third-order valence-electron chi connectivity index (χ3n) is 7.18. The summed E-state index contributed by atoms with van der Waals surface area (Å²) in [5.41, 5.74) is 1.72. The molecule has 190 valence electrons. The normalized spacial score (nSPS) is 23.0. The molecule has 5 rings (SSSR count). The van der Waals surface area contributed by atoms with E-state index in [2.05, 4.69) is 27.6 Å². The number of sulfone groups is 1. The second-order valence-corrected chi connectivity index (χ2v) is 12.3. The fourth-order valence-corrected chi connectivity index (χ4v) is 7.38. The van der Waals surface area contributed by atoms with E-state index in [1.807, 2.05) is 0 Å². The number of nitrogens with zero attached hydrogens (tertiary/aromatic N) is 2. The van der Waals surface area contributed by atoms with Gasteiger partial charge < -0.3 is 10.6 Å². The molecule has 3 aliphatic rings. The monoisotopic (exact) mass is 550 g/mol. The first-order chi connectivity index (χ1) is 15.4. The van der Waals surface area contributed by atoms with Gasteiger partial charge in [-0.1, -0.05) is 12.8 Å². The van der Waals surface area contributed by atoms with Gasteiger partial charge in [-0.25, -0.2) is 17.8 Å². The zero-order chi connectivity index (χ0) is 22.3. The van der Waals surface area contributed by atoms with Crippen molar-refractivity contribution in [3.63, 3.8) is 0 Å². The first kappa shape index (κ1) is 27.6. The van der Waals surface area contributed by atoms with Gasteiger partial charge in [0.25, 0.3) is 0 Å². The molecule has 0 unspecified atom stereocenters. The molecule has 34 heavy (non-hydrogen) atoms. The van der Waals surface area contributed by atoms with Gasteiger partial charge in [-0.2, -0.15) is 0 Å². The summed E-state index contributed by atoms with van der Waals surface area (Å²) in [5.74, 6) is -0.622. The molecule has 2 aromatic rings. The van der Waals surface area contributed by atoms with E-state index in [0.29, 0.717) is 23.0 Å². The molecule has 0 bridgehead atoms. The average molecular weight is 552 g/mol. The number of benzene rings is 1. The van der Waals surface area contributed by atoms with Gasteiger partial charge in [-0.15, -0.1) is 36.2 Å². The summed E-state index contributed by atoms with van der Waals surface area (Å²) in [6, 6.07) is 4.22. The van der Waals surface area contributed by atoms with Crippen LogP contribution in [0.1, 0.15) is 55.0 Å². The number of anilines is 1. The molecule has 2 N–H and O–H groups in total. The Morgan fingerprint density at radius 3 is 2.53 bits per heavy atom. The summed E-state index contributed by atoms with van der Waals surface area (Å²) in [7, 11) is -1.59. The lowest BCUT2D eigenvalue weighted by atomic mass is 9.87. The summed E-state index contributed by atoms with van der Waals surface area (Å²) in [6.45, 7) is 2.04. The summed E-state index contributed by atoms with van der Waals surface area (Å²) in [6.07, 6.45) is 8.17. The summed E-state index contributed by atoms with van der Waals surface area (Å²) < 4.78 is 41.1. The van der Waals surface area contributed by atoms with Gasteiger partial charge in [0.1, 0.15) is 21.5 Å². The van der Waals surface area contributed by atoms with Crippen molar-refractivity contribution in [3.8, 4) is 0 Å². The van der Waals surface area contributed by atoms with E-state index in [4.69, 9.17) is 0 Å². The molecule has 1 saturated heterocycles. The maximum Gasteiger partial charge on any atom is 0.187 e. The van der Waals surface area contributed by atoms with Crippen LogP contribution in [0.25, 0.3) is 0 Å². The summed E-state index contributed by atoms with van der Waals surface area (Å²) >= 11 is 1.28. The Morgan fingerprint density at radius 1 is 1.18 bits per heavy atom. The number of hydrogen-bond acceptors (Lipinski definition) is 7. The molecule has 1 aromatic carbocycles. The minimum Gasteiger partial charge on any atom is -0.380 e. The summed E-state index contributed by atoms with van der Waals surface area (Å²) in [5, 5.41) is 9.23. The third kappa shape index (κ3) is 5.87. The lowest BCUT2D eigenvalue weighted by Gasteiger charge is -2.45. The van der Waals surface area contributed by atoms with Crippen LogP contribution in [-0.2, 0) is 15.6 Å². The maximum absolute atomic E-state index is 15.2. The fraction of sp³-hybridized carbons (Fsp3) is 0.609. The Bertz CT molecular complexity index is 1060. The predicted molar refractivity (Wildman–Crippen MR) is 140 cm³/mol. The van der Waals surface area contributed by atoms with Gasteiger partial charge in [0, 0.05) is 48.5 Å². The standard InChI is InChI=1S/C23H31FN4O2S2.2ClH/c1-28(16-12-25-13-16)21-5-3-2-4-19(21)27-20-11-18(24)22(10-17(20)15-6-7-15)32(29,30)14-23-26-8-9-31-23;;/h8-11,15-16,19,21,25,27H,2-7,12-14H2,1H3;2*1H/t19-,21-;;/m0../s1. The van der Waals surface area contributed by atoms with Crippen LogP contribution in [0.3, 0.4) is 0 Å². The highest BCUT2D eigenvalue weighted by atomic mass is 35.5. The van der Waals surface area contributed by atoms with Gasteiger partial charge in [0.15, 0.2) is 9.84 Å². The summed E-state index contributed by atoms with van der Waals surface area (Å²) in [4.78, 5) is 6.35. The molecule has 0 radical (unpaired) electrons. The first-order valence-corrected chi connectivity index (χ1v) is 14.1. The van der Waals surface area contributed by atoms with Crippen LogP contribution in [0.2, 0.25) is 0 Å². The average Bonchev–Trinajstić information content (AvgIpc) is 3.43.